The standard InChI is InChI=1S/C16H13NO3/c18-16-15(19-11-17-16)10-12-6-4-5-9-14(12)20-13-7-2-1-3-8-13/h1-9,11,15H,10H2. The Bertz CT molecular complexity index is 637. The number of nitrogens with zero attached hydrogens (tertiary/aromatic N) is 1. The minimum absolute atomic E-state index is 0.250. The molecule has 1 amide bonds. The summed E-state index contributed by atoms with van der Waals surface area (Å²) in [6.07, 6.45) is 1.10. The number of aliphatic imine (C=N–C) groups is 1. The van der Waals surface area contributed by atoms with E-state index in [2.05, 4.69) is 4.99 Å². The van der Waals surface area contributed by atoms with Crippen LogP contribution >= 0.6 is 0 Å². The summed E-state index contributed by atoms with van der Waals surface area (Å²) < 4.78 is 11.0. The number of carbonyl (C=O) groups excluding carboxylic acids is 1. The molecule has 2 aromatic carbocycles. The van der Waals surface area contributed by atoms with Crippen LogP contribution in [0.1, 0.15) is 5.56 Å². The normalized spacial score (nSPS) is 17.0. The van der Waals surface area contributed by atoms with E-state index in [0.29, 0.717) is 6.42 Å². The van der Waals surface area contributed by atoms with Gasteiger partial charge < -0.3 is 9.47 Å². The number of rotatable bonds is 4. The fourth-order valence-electron chi connectivity index (χ4n) is 2.02. The zero-order chi connectivity index (χ0) is 13.8. The number of carbonyl (C=O) groups is 1. The molecule has 1 aliphatic heterocycles. The van der Waals surface area contributed by atoms with Crippen LogP contribution in [0.4, 0.5) is 0 Å². The SMILES string of the molecule is O=C1N=COC1Cc1ccccc1Oc1ccccc1. The molecule has 0 bridgehead atoms. The highest BCUT2D eigenvalue weighted by molar-refractivity contribution is 5.91. The Morgan fingerprint density at radius 1 is 1.05 bits per heavy atom. The molecule has 0 N–H and O–H groups in total. The van der Waals surface area contributed by atoms with Crippen LogP contribution < -0.4 is 4.74 Å². The second-order valence-electron chi connectivity index (χ2n) is 4.42. The van der Waals surface area contributed by atoms with E-state index in [4.69, 9.17) is 9.47 Å². The van der Waals surface area contributed by atoms with E-state index in [0.717, 1.165) is 17.1 Å². The summed E-state index contributed by atoms with van der Waals surface area (Å²) in [6, 6.07) is 17.1. The lowest BCUT2D eigenvalue weighted by atomic mass is 10.1. The van der Waals surface area contributed by atoms with Crippen LogP contribution in [0, 0.1) is 0 Å². The third-order valence-corrected chi connectivity index (χ3v) is 3.03. The smallest absolute Gasteiger partial charge is 0.289 e. The van der Waals surface area contributed by atoms with Crippen molar-refractivity contribution in [3.8, 4) is 11.5 Å². The van der Waals surface area contributed by atoms with Gasteiger partial charge >= 0.3 is 0 Å². The van der Waals surface area contributed by atoms with E-state index in [1.807, 2.05) is 54.6 Å². The molecule has 0 saturated heterocycles. The molecule has 1 unspecified atom stereocenters. The number of amides is 1. The Morgan fingerprint density at radius 3 is 2.55 bits per heavy atom. The molecule has 100 valence electrons. The summed E-state index contributed by atoms with van der Waals surface area (Å²) in [5, 5.41) is 0. The Kier molecular flexibility index (Phi) is 3.46. The first-order valence-corrected chi connectivity index (χ1v) is 6.35. The van der Waals surface area contributed by atoms with Crippen molar-refractivity contribution in [3.63, 3.8) is 0 Å². The van der Waals surface area contributed by atoms with E-state index in [1.165, 1.54) is 6.40 Å². The molecule has 4 nitrogen and oxygen atoms in total. The molecule has 0 aromatic heterocycles. The first-order chi connectivity index (χ1) is 9.83. The van der Waals surface area contributed by atoms with E-state index in [-0.39, 0.29) is 5.91 Å². The first-order valence-electron chi connectivity index (χ1n) is 6.35. The molecule has 0 spiro atoms. The Labute approximate surface area is 116 Å². The van der Waals surface area contributed by atoms with Crippen LogP contribution in [0.5, 0.6) is 11.5 Å². The summed E-state index contributed by atoms with van der Waals surface area (Å²) in [7, 11) is 0. The fraction of sp³-hybridized carbons (Fsp3) is 0.125. The molecule has 1 atom stereocenters. The molecule has 1 heterocycles. The van der Waals surface area contributed by atoms with Gasteiger partial charge in [0.25, 0.3) is 5.91 Å². The van der Waals surface area contributed by atoms with Crippen molar-refractivity contribution >= 4 is 12.3 Å². The zero-order valence-electron chi connectivity index (χ0n) is 10.7. The number of ether oxygens (including phenoxy) is 2. The molecule has 1 aliphatic rings. The van der Waals surface area contributed by atoms with Crippen molar-refractivity contribution in [2.45, 2.75) is 12.5 Å². The van der Waals surface area contributed by atoms with Crippen LogP contribution in [-0.2, 0) is 16.0 Å². The van der Waals surface area contributed by atoms with Gasteiger partial charge in [-0.1, -0.05) is 36.4 Å². The van der Waals surface area contributed by atoms with Gasteiger partial charge in [-0.2, -0.15) is 4.99 Å². The number of para-hydroxylation sites is 2. The molecular formula is C16H13NO3. The van der Waals surface area contributed by atoms with Crippen molar-refractivity contribution < 1.29 is 14.3 Å². The largest absolute Gasteiger partial charge is 0.470 e. The van der Waals surface area contributed by atoms with Crippen molar-refractivity contribution in [1.82, 2.24) is 0 Å². The lowest BCUT2D eigenvalue weighted by Gasteiger charge is -2.13. The quantitative estimate of drug-likeness (QED) is 0.855. The Balaban J connectivity index is 1.79. The highest BCUT2D eigenvalue weighted by Gasteiger charge is 2.24. The molecule has 0 radical (unpaired) electrons. The van der Waals surface area contributed by atoms with Crippen LogP contribution in [0.2, 0.25) is 0 Å². The monoisotopic (exact) mass is 267 g/mol. The van der Waals surface area contributed by atoms with Crippen molar-refractivity contribution in [2.75, 3.05) is 0 Å². The molecule has 20 heavy (non-hydrogen) atoms. The lowest BCUT2D eigenvalue weighted by Crippen LogP contribution is -2.19. The second kappa shape index (κ2) is 5.57. The van der Waals surface area contributed by atoms with Gasteiger partial charge in [-0.15, -0.1) is 0 Å². The predicted octanol–water partition coefficient (Wildman–Crippen LogP) is 2.98. The van der Waals surface area contributed by atoms with Crippen molar-refractivity contribution in [1.29, 1.82) is 0 Å². The van der Waals surface area contributed by atoms with Gasteiger partial charge in [0.05, 0.1) is 0 Å². The summed E-state index contributed by atoms with van der Waals surface area (Å²) in [6.45, 7) is 0. The number of hydrogen-bond donors (Lipinski definition) is 0. The molecular weight excluding hydrogens is 254 g/mol. The molecule has 0 fully saturated rings. The lowest BCUT2D eigenvalue weighted by molar-refractivity contribution is -0.122. The van der Waals surface area contributed by atoms with Crippen molar-refractivity contribution in [3.05, 3.63) is 60.2 Å². The molecule has 0 saturated carbocycles. The molecule has 2 aromatic rings. The van der Waals surface area contributed by atoms with Gasteiger partial charge in [-0.25, -0.2) is 0 Å². The zero-order valence-corrected chi connectivity index (χ0v) is 10.7. The maximum atomic E-state index is 11.5. The van der Waals surface area contributed by atoms with Crippen molar-refractivity contribution in [2.24, 2.45) is 4.99 Å². The van der Waals surface area contributed by atoms with Gasteiger partial charge in [0.1, 0.15) is 11.5 Å². The maximum absolute atomic E-state index is 11.5. The van der Waals surface area contributed by atoms with E-state index >= 15 is 0 Å². The highest BCUT2D eigenvalue weighted by atomic mass is 16.5. The predicted molar refractivity (Wildman–Crippen MR) is 75.0 cm³/mol. The van der Waals surface area contributed by atoms with Crippen LogP contribution in [0.25, 0.3) is 0 Å². The van der Waals surface area contributed by atoms with Crippen LogP contribution in [0.15, 0.2) is 59.6 Å². The van der Waals surface area contributed by atoms with E-state index < -0.39 is 6.10 Å². The van der Waals surface area contributed by atoms with Gasteiger partial charge in [0.15, 0.2) is 12.5 Å². The van der Waals surface area contributed by atoms with Gasteiger partial charge in [-0.3, -0.25) is 4.79 Å². The Morgan fingerprint density at radius 2 is 1.80 bits per heavy atom. The summed E-state index contributed by atoms with van der Waals surface area (Å²) in [5.41, 5.74) is 0.917. The number of benzene rings is 2. The van der Waals surface area contributed by atoms with E-state index in [9.17, 15) is 4.79 Å². The number of hydrogen-bond acceptors (Lipinski definition) is 3. The van der Waals surface area contributed by atoms with E-state index in [1.54, 1.807) is 0 Å². The van der Waals surface area contributed by atoms with Crippen LogP contribution in [-0.4, -0.2) is 18.4 Å². The topological polar surface area (TPSA) is 47.9 Å². The van der Waals surface area contributed by atoms with Gasteiger partial charge in [0, 0.05) is 6.42 Å². The summed E-state index contributed by atoms with van der Waals surface area (Å²) in [4.78, 5) is 15.1. The molecule has 4 heteroatoms. The third-order valence-electron chi connectivity index (χ3n) is 3.03. The first kappa shape index (κ1) is 12.4. The minimum atomic E-state index is -0.546. The molecule has 3 rings (SSSR count). The second-order valence-corrected chi connectivity index (χ2v) is 4.42. The molecule has 0 aliphatic carbocycles. The fourth-order valence-corrected chi connectivity index (χ4v) is 2.02. The summed E-state index contributed by atoms with van der Waals surface area (Å²) >= 11 is 0. The minimum Gasteiger partial charge on any atom is -0.470 e. The maximum Gasteiger partial charge on any atom is 0.289 e. The Hall–Kier alpha value is -2.62. The van der Waals surface area contributed by atoms with Gasteiger partial charge in [-0.05, 0) is 23.8 Å². The van der Waals surface area contributed by atoms with Gasteiger partial charge in [0.2, 0.25) is 0 Å². The van der Waals surface area contributed by atoms with Crippen LogP contribution in [0.3, 0.4) is 0 Å². The average Bonchev–Trinajstić information content (AvgIpc) is 2.88. The highest BCUT2D eigenvalue weighted by Crippen LogP contribution is 2.26. The third kappa shape index (κ3) is 2.69. The average molecular weight is 267 g/mol. The summed E-state index contributed by atoms with van der Waals surface area (Å²) in [5.74, 6) is 1.23.